The molecule has 4 rings (SSSR count). The zero-order valence-electron chi connectivity index (χ0n) is 15.2. The number of halogens is 1. The van der Waals surface area contributed by atoms with Gasteiger partial charge < -0.3 is 20.0 Å². The van der Waals surface area contributed by atoms with Gasteiger partial charge in [0.1, 0.15) is 17.2 Å². The Morgan fingerprint density at radius 1 is 1.22 bits per heavy atom. The van der Waals surface area contributed by atoms with Crippen molar-refractivity contribution < 1.29 is 15.0 Å². The van der Waals surface area contributed by atoms with Crippen LogP contribution in [0.15, 0.2) is 12.1 Å². The van der Waals surface area contributed by atoms with Crippen molar-refractivity contribution in [2.75, 3.05) is 26.7 Å². The second-order valence-electron chi connectivity index (χ2n) is 7.44. The van der Waals surface area contributed by atoms with Gasteiger partial charge in [0.2, 0.25) is 5.91 Å². The van der Waals surface area contributed by atoms with Gasteiger partial charge in [0.15, 0.2) is 0 Å². The summed E-state index contributed by atoms with van der Waals surface area (Å²) >= 11 is 6.01. The van der Waals surface area contributed by atoms with E-state index in [1.807, 2.05) is 4.90 Å². The number of piperidine rings is 1. The summed E-state index contributed by atoms with van der Waals surface area (Å²) in [5, 5.41) is 27.4. The number of aromatic hydroxyl groups is 2. The molecule has 0 atom stereocenters. The standard InChI is InChI=1S/C19H23ClN4O3/c1-23-5-2-11(3-6-23)19(27)24-7-4-15-13(10-24)18(22-21-15)12-8-14(20)17(26)9-16(12)25/h8-9,11,25-26H,2-7,10H2,1H3,(H,21,22). The highest BCUT2D eigenvalue weighted by Crippen LogP contribution is 2.39. The van der Waals surface area contributed by atoms with Crippen LogP contribution < -0.4 is 0 Å². The predicted octanol–water partition coefficient (Wildman–Crippen LogP) is 2.37. The number of H-pyrrole nitrogens is 1. The number of nitrogens with zero attached hydrogens (tertiary/aromatic N) is 3. The molecule has 0 unspecified atom stereocenters. The van der Waals surface area contributed by atoms with Crippen molar-refractivity contribution in [2.45, 2.75) is 25.8 Å². The molecule has 1 aromatic carbocycles. The molecule has 8 heteroatoms. The molecule has 0 spiro atoms. The zero-order valence-corrected chi connectivity index (χ0v) is 16.0. The van der Waals surface area contributed by atoms with Crippen LogP contribution >= 0.6 is 11.6 Å². The first-order valence-corrected chi connectivity index (χ1v) is 9.57. The van der Waals surface area contributed by atoms with Gasteiger partial charge in [0, 0.05) is 48.3 Å². The SMILES string of the molecule is CN1CCC(C(=O)N2CCc3[nH]nc(-c4cc(Cl)c(O)cc4O)c3C2)CC1. The molecule has 3 N–H and O–H groups in total. The van der Waals surface area contributed by atoms with E-state index in [0.717, 1.165) is 37.2 Å². The van der Waals surface area contributed by atoms with E-state index in [2.05, 4.69) is 22.1 Å². The molecule has 0 bridgehead atoms. The van der Waals surface area contributed by atoms with Gasteiger partial charge in [-0.25, -0.2) is 0 Å². The number of phenolic OH excluding ortho intramolecular Hbond substituents is 2. The Labute approximate surface area is 162 Å². The number of hydrogen-bond donors (Lipinski definition) is 3. The number of nitrogens with one attached hydrogen (secondary N) is 1. The van der Waals surface area contributed by atoms with Gasteiger partial charge in [-0.15, -0.1) is 0 Å². The second kappa shape index (κ2) is 7.05. The molecule has 1 amide bonds. The number of amides is 1. The van der Waals surface area contributed by atoms with Gasteiger partial charge in [0.25, 0.3) is 0 Å². The topological polar surface area (TPSA) is 92.7 Å². The summed E-state index contributed by atoms with van der Waals surface area (Å²) in [4.78, 5) is 17.1. The highest BCUT2D eigenvalue weighted by Gasteiger charge is 2.32. The van der Waals surface area contributed by atoms with Gasteiger partial charge in [-0.3, -0.25) is 9.89 Å². The van der Waals surface area contributed by atoms with E-state index in [1.165, 1.54) is 12.1 Å². The average molecular weight is 391 g/mol. The fourth-order valence-electron chi connectivity index (χ4n) is 3.96. The molecule has 0 saturated carbocycles. The van der Waals surface area contributed by atoms with E-state index in [0.29, 0.717) is 30.8 Å². The minimum atomic E-state index is -0.179. The van der Waals surface area contributed by atoms with Crippen molar-refractivity contribution in [1.82, 2.24) is 20.0 Å². The maximum Gasteiger partial charge on any atom is 0.226 e. The Morgan fingerprint density at radius 3 is 2.70 bits per heavy atom. The summed E-state index contributed by atoms with van der Waals surface area (Å²) in [6.45, 7) is 3.03. The highest BCUT2D eigenvalue weighted by atomic mass is 35.5. The van der Waals surface area contributed by atoms with Crippen molar-refractivity contribution in [2.24, 2.45) is 5.92 Å². The monoisotopic (exact) mass is 390 g/mol. The molecule has 3 heterocycles. The van der Waals surface area contributed by atoms with Crippen molar-refractivity contribution >= 4 is 17.5 Å². The lowest BCUT2D eigenvalue weighted by molar-refractivity contribution is -0.137. The highest BCUT2D eigenvalue weighted by molar-refractivity contribution is 6.32. The third-order valence-corrected chi connectivity index (χ3v) is 5.94. The lowest BCUT2D eigenvalue weighted by Crippen LogP contribution is -2.43. The van der Waals surface area contributed by atoms with Gasteiger partial charge in [-0.2, -0.15) is 5.10 Å². The summed E-state index contributed by atoms with van der Waals surface area (Å²) in [7, 11) is 2.08. The molecular weight excluding hydrogens is 368 g/mol. The molecule has 1 saturated heterocycles. The van der Waals surface area contributed by atoms with E-state index in [4.69, 9.17) is 11.6 Å². The van der Waals surface area contributed by atoms with Crippen LogP contribution in [0.1, 0.15) is 24.1 Å². The smallest absolute Gasteiger partial charge is 0.226 e. The first-order chi connectivity index (χ1) is 12.9. The second-order valence-corrected chi connectivity index (χ2v) is 7.84. The molecule has 7 nitrogen and oxygen atoms in total. The molecular formula is C19H23ClN4O3. The minimum absolute atomic E-state index is 0.0784. The fraction of sp³-hybridized carbons (Fsp3) is 0.474. The third kappa shape index (κ3) is 3.37. The minimum Gasteiger partial charge on any atom is -0.507 e. The van der Waals surface area contributed by atoms with Crippen LogP contribution in [0.5, 0.6) is 11.5 Å². The van der Waals surface area contributed by atoms with Crippen molar-refractivity contribution in [3.8, 4) is 22.8 Å². The molecule has 1 fully saturated rings. The molecule has 0 radical (unpaired) electrons. The third-order valence-electron chi connectivity index (χ3n) is 5.63. The zero-order chi connectivity index (χ0) is 19.1. The van der Waals surface area contributed by atoms with Gasteiger partial charge in [-0.05, 0) is 39.0 Å². The number of benzene rings is 1. The van der Waals surface area contributed by atoms with Crippen LogP contribution in [0.25, 0.3) is 11.3 Å². The molecule has 1 aromatic heterocycles. The van der Waals surface area contributed by atoms with Crippen molar-refractivity contribution in [3.63, 3.8) is 0 Å². The number of aromatic amines is 1. The summed E-state index contributed by atoms with van der Waals surface area (Å²) < 4.78 is 0. The first kappa shape index (κ1) is 18.1. The van der Waals surface area contributed by atoms with Crippen LogP contribution in [0, 0.1) is 5.92 Å². The van der Waals surface area contributed by atoms with Crippen molar-refractivity contribution in [3.05, 3.63) is 28.4 Å². The normalized spacial score (nSPS) is 18.5. The maximum absolute atomic E-state index is 13.0. The van der Waals surface area contributed by atoms with Crippen LogP contribution in [0.4, 0.5) is 0 Å². The summed E-state index contributed by atoms with van der Waals surface area (Å²) in [5.74, 6) is 0.00911. The molecule has 2 aromatic rings. The molecule has 0 aliphatic carbocycles. The predicted molar refractivity (Wildman–Crippen MR) is 102 cm³/mol. The van der Waals surface area contributed by atoms with Gasteiger partial charge >= 0.3 is 0 Å². The van der Waals surface area contributed by atoms with Crippen LogP contribution in [0.2, 0.25) is 5.02 Å². The lowest BCUT2D eigenvalue weighted by atomic mass is 9.93. The number of fused-ring (bicyclic) bond motifs is 1. The number of carbonyl (C=O) groups excluding carboxylic acids is 1. The van der Waals surface area contributed by atoms with Crippen molar-refractivity contribution in [1.29, 1.82) is 0 Å². The van der Waals surface area contributed by atoms with E-state index in [1.54, 1.807) is 0 Å². The van der Waals surface area contributed by atoms with Crippen LogP contribution in [-0.4, -0.2) is 62.8 Å². The Morgan fingerprint density at radius 2 is 1.96 bits per heavy atom. The number of phenols is 2. The quantitative estimate of drug-likeness (QED) is 0.732. The number of hydrogen-bond acceptors (Lipinski definition) is 5. The number of likely N-dealkylation sites (tertiary alicyclic amines) is 1. The first-order valence-electron chi connectivity index (χ1n) is 9.19. The summed E-state index contributed by atoms with van der Waals surface area (Å²) in [6.07, 6.45) is 2.49. The average Bonchev–Trinajstić information content (AvgIpc) is 3.07. The number of carbonyl (C=O) groups is 1. The molecule has 27 heavy (non-hydrogen) atoms. The Bertz CT molecular complexity index is 874. The van der Waals surface area contributed by atoms with Gasteiger partial charge in [0.05, 0.1) is 5.02 Å². The van der Waals surface area contributed by atoms with E-state index in [-0.39, 0.29) is 28.3 Å². The van der Waals surface area contributed by atoms with E-state index < -0.39 is 0 Å². The maximum atomic E-state index is 13.0. The van der Waals surface area contributed by atoms with E-state index in [9.17, 15) is 15.0 Å². The number of rotatable bonds is 2. The summed E-state index contributed by atoms with van der Waals surface area (Å²) in [6, 6.07) is 2.71. The Hall–Kier alpha value is -2.25. The Balaban J connectivity index is 1.59. The molecule has 144 valence electrons. The van der Waals surface area contributed by atoms with Crippen LogP contribution in [0.3, 0.4) is 0 Å². The van der Waals surface area contributed by atoms with Gasteiger partial charge in [-0.1, -0.05) is 11.6 Å². The Kier molecular flexibility index (Phi) is 4.74. The molecule has 2 aliphatic heterocycles. The largest absolute Gasteiger partial charge is 0.507 e. The van der Waals surface area contributed by atoms with Crippen LogP contribution in [-0.2, 0) is 17.8 Å². The molecule has 2 aliphatic rings. The van der Waals surface area contributed by atoms with E-state index >= 15 is 0 Å². The fourth-order valence-corrected chi connectivity index (χ4v) is 4.12. The number of aromatic nitrogens is 2. The lowest BCUT2D eigenvalue weighted by Gasteiger charge is -2.34. The summed E-state index contributed by atoms with van der Waals surface area (Å²) in [5.41, 5.74) is 2.90.